The molecule has 0 unspecified atom stereocenters. The van der Waals surface area contributed by atoms with Crippen molar-refractivity contribution in [1.82, 2.24) is 5.16 Å². The van der Waals surface area contributed by atoms with E-state index in [0.29, 0.717) is 5.75 Å². The van der Waals surface area contributed by atoms with Crippen LogP contribution in [0.2, 0.25) is 0 Å². The van der Waals surface area contributed by atoms with E-state index in [1.165, 1.54) is 0 Å². The highest BCUT2D eigenvalue weighted by atomic mass is 32.2. The second kappa shape index (κ2) is 4.08. The van der Waals surface area contributed by atoms with Gasteiger partial charge in [-0.1, -0.05) is 23.8 Å². The van der Waals surface area contributed by atoms with Crippen LogP contribution in [0.25, 0.3) is 0 Å². The van der Waals surface area contributed by atoms with Crippen LogP contribution in [0.5, 0.6) is 0 Å². The molecular weight excluding hydrogens is 194 g/mol. The summed E-state index contributed by atoms with van der Waals surface area (Å²) in [6.45, 7) is 1.79. The zero-order chi connectivity index (χ0) is 9.84. The summed E-state index contributed by atoms with van der Waals surface area (Å²) in [5.74, 6) is -0.834. The van der Waals surface area contributed by atoms with E-state index < -0.39 is 11.1 Å². The Labute approximate surface area is 78.1 Å². The van der Waals surface area contributed by atoms with Gasteiger partial charge in [0.1, 0.15) is 5.56 Å². The highest BCUT2D eigenvalue weighted by molar-refractivity contribution is 8.14. The summed E-state index contributed by atoms with van der Waals surface area (Å²) in [4.78, 5) is 21.7. The third-order valence-corrected chi connectivity index (χ3v) is 2.00. The molecule has 1 aromatic rings. The molecule has 1 N–H and O–H groups in total. The third kappa shape index (κ3) is 2.09. The number of aromatic nitrogens is 1. The smallest absolute Gasteiger partial charge is 0.341 e. The Bertz CT molecular complexity index is 333. The van der Waals surface area contributed by atoms with Gasteiger partial charge in [-0.2, -0.15) is 0 Å². The lowest BCUT2D eigenvalue weighted by atomic mass is 10.3. The first-order valence-corrected chi connectivity index (χ1v) is 4.50. The van der Waals surface area contributed by atoms with Gasteiger partial charge < -0.3 is 9.63 Å². The fourth-order valence-corrected chi connectivity index (χ4v) is 1.28. The van der Waals surface area contributed by atoms with Gasteiger partial charge in [-0.15, -0.1) is 0 Å². The predicted molar refractivity (Wildman–Crippen MR) is 45.9 cm³/mol. The quantitative estimate of drug-likeness (QED) is 0.793. The zero-order valence-corrected chi connectivity index (χ0v) is 7.63. The maximum Gasteiger partial charge on any atom is 0.341 e. The number of hydrogen-bond donors (Lipinski definition) is 1. The molecule has 0 radical (unpaired) electrons. The SMILES string of the molecule is CCSC(=O)c1oncc1C(=O)O. The molecule has 0 spiro atoms. The lowest BCUT2D eigenvalue weighted by Gasteiger charge is -1.93. The van der Waals surface area contributed by atoms with Crippen molar-refractivity contribution in [3.8, 4) is 0 Å². The highest BCUT2D eigenvalue weighted by Gasteiger charge is 2.21. The summed E-state index contributed by atoms with van der Waals surface area (Å²) in [6, 6.07) is 0. The van der Waals surface area contributed by atoms with Crippen LogP contribution in [0.3, 0.4) is 0 Å². The number of thioether (sulfide) groups is 1. The largest absolute Gasteiger partial charge is 0.477 e. The molecule has 0 saturated heterocycles. The lowest BCUT2D eigenvalue weighted by molar-refractivity contribution is 0.0691. The van der Waals surface area contributed by atoms with Gasteiger partial charge >= 0.3 is 5.97 Å². The van der Waals surface area contributed by atoms with Crippen LogP contribution in [0.1, 0.15) is 27.8 Å². The van der Waals surface area contributed by atoms with Crippen LogP contribution in [0, 0.1) is 0 Å². The third-order valence-electron chi connectivity index (χ3n) is 1.26. The van der Waals surface area contributed by atoms with Crippen molar-refractivity contribution < 1.29 is 19.2 Å². The highest BCUT2D eigenvalue weighted by Crippen LogP contribution is 2.15. The Balaban J connectivity index is 2.93. The Hall–Kier alpha value is -1.30. The van der Waals surface area contributed by atoms with E-state index in [4.69, 9.17) is 5.11 Å². The van der Waals surface area contributed by atoms with Crippen LogP contribution in [0.4, 0.5) is 0 Å². The number of carboxylic acid groups (broad SMARTS) is 1. The molecule has 0 fully saturated rings. The fraction of sp³-hybridized carbons (Fsp3) is 0.286. The van der Waals surface area contributed by atoms with E-state index in [2.05, 4.69) is 9.68 Å². The van der Waals surface area contributed by atoms with Crippen LogP contribution in [-0.4, -0.2) is 27.1 Å². The van der Waals surface area contributed by atoms with Gasteiger partial charge in [0.25, 0.3) is 5.12 Å². The van der Waals surface area contributed by atoms with Crippen LogP contribution < -0.4 is 0 Å². The van der Waals surface area contributed by atoms with Crippen molar-refractivity contribution in [3.63, 3.8) is 0 Å². The number of aromatic carboxylic acids is 1. The maximum absolute atomic E-state index is 11.2. The zero-order valence-electron chi connectivity index (χ0n) is 6.81. The molecule has 13 heavy (non-hydrogen) atoms. The van der Waals surface area contributed by atoms with E-state index >= 15 is 0 Å². The van der Waals surface area contributed by atoms with Crippen molar-refractivity contribution in [2.24, 2.45) is 0 Å². The number of carbonyl (C=O) groups is 2. The Morgan fingerprint density at radius 3 is 2.92 bits per heavy atom. The minimum Gasteiger partial charge on any atom is -0.477 e. The molecule has 0 amide bonds. The Morgan fingerprint density at radius 2 is 2.38 bits per heavy atom. The van der Waals surface area contributed by atoms with Gasteiger partial charge in [0, 0.05) is 0 Å². The van der Waals surface area contributed by atoms with Crippen LogP contribution in [0.15, 0.2) is 10.7 Å². The summed E-state index contributed by atoms with van der Waals surface area (Å²) in [7, 11) is 0. The number of nitrogens with zero attached hydrogens (tertiary/aromatic N) is 1. The molecule has 5 nitrogen and oxygen atoms in total. The normalized spacial score (nSPS) is 9.92. The van der Waals surface area contributed by atoms with Crippen LogP contribution >= 0.6 is 11.8 Å². The molecule has 0 aliphatic heterocycles. The number of carbonyl (C=O) groups excluding carboxylic acids is 1. The van der Waals surface area contributed by atoms with Gasteiger partial charge in [0.15, 0.2) is 0 Å². The minimum atomic E-state index is -1.21. The molecule has 1 rings (SSSR count). The van der Waals surface area contributed by atoms with Gasteiger partial charge in [-0.05, 0) is 5.75 Å². The fourth-order valence-electron chi connectivity index (χ4n) is 0.736. The van der Waals surface area contributed by atoms with E-state index in [0.717, 1.165) is 18.0 Å². The molecule has 0 aliphatic rings. The first-order valence-electron chi connectivity index (χ1n) is 3.52. The molecule has 0 atom stereocenters. The van der Waals surface area contributed by atoms with E-state index in [1.54, 1.807) is 6.92 Å². The van der Waals surface area contributed by atoms with Crippen LogP contribution in [-0.2, 0) is 0 Å². The summed E-state index contributed by atoms with van der Waals surface area (Å²) < 4.78 is 4.54. The van der Waals surface area contributed by atoms with Crippen molar-refractivity contribution in [3.05, 3.63) is 17.5 Å². The molecule has 0 aromatic carbocycles. The monoisotopic (exact) mass is 201 g/mol. The molecule has 1 aromatic heterocycles. The summed E-state index contributed by atoms with van der Waals surface area (Å²) in [5, 5.41) is 11.5. The number of carboxylic acids is 1. The predicted octanol–water partition coefficient (Wildman–Crippen LogP) is 1.27. The lowest BCUT2D eigenvalue weighted by Crippen LogP contribution is -2.02. The van der Waals surface area contributed by atoms with Crippen molar-refractivity contribution in [1.29, 1.82) is 0 Å². The van der Waals surface area contributed by atoms with E-state index in [9.17, 15) is 9.59 Å². The first-order chi connectivity index (χ1) is 6.16. The van der Waals surface area contributed by atoms with E-state index in [-0.39, 0.29) is 11.3 Å². The second-order valence-corrected chi connectivity index (χ2v) is 3.33. The van der Waals surface area contributed by atoms with Crippen molar-refractivity contribution >= 4 is 22.8 Å². The molecule has 0 aliphatic carbocycles. The average molecular weight is 201 g/mol. The number of rotatable bonds is 3. The van der Waals surface area contributed by atoms with Crippen molar-refractivity contribution in [2.45, 2.75) is 6.92 Å². The second-order valence-electron chi connectivity index (χ2n) is 2.09. The summed E-state index contributed by atoms with van der Waals surface area (Å²) >= 11 is 0.985. The topological polar surface area (TPSA) is 80.4 Å². The summed E-state index contributed by atoms with van der Waals surface area (Å²) in [5.41, 5.74) is -0.189. The molecule has 1 heterocycles. The maximum atomic E-state index is 11.2. The van der Waals surface area contributed by atoms with Gasteiger partial charge in [0.2, 0.25) is 5.76 Å². The Kier molecular flexibility index (Phi) is 3.07. The summed E-state index contributed by atoms with van der Waals surface area (Å²) in [6.07, 6.45) is 1.02. The van der Waals surface area contributed by atoms with Gasteiger partial charge in [-0.3, -0.25) is 4.79 Å². The Morgan fingerprint density at radius 1 is 1.69 bits per heavy atom. The molecule has 0 saturated carbocycles. The van der Waals surface area contributed by atoms with Crippen molar-refractivity contribution in [2.75, 3.05) is 5.75 Å². The average Bonchev–Trinajstić information content (AvgIpc) is 2.52. The van der Waals surface area contributed by atoms with E-state index in [1.807, 2.05) is 0 Å². The molecule has 70 valence electrons. The first kappa shape index (κ1) is 9.79. The standard InChI is InChI=1S/C7H7NO4S/c1-2-13-7(11)5-4(6(9)10)3-8-12-5/h3H,2H2,1H3,(H,9,10). The molecule has 6 heteroatoms. The minimum absolute atomic E-state index is 0.189. The van der Waals surface area contributed by atoms with Gasteiger partial charge in [-0.25, -0.2) is 4.79 Å². The molecular formula is C7H7NO4S. The number of hydrogen-bond acceptors (Lipinski definition) is 5. The van der Waals surface area contributed by atoms with Gasteiger partial charge in [0.05, 0.1) is 6.20 Å². The molecule has 0 bridgehead atoms.